The van der Waals surface area contributed by atoms with Crippen LogP contribution in [0.4, 0.5) is 13.2 Å². The number of halogens is 3. The van der Waals surface area contributed by atoms with Crippen LogP contribution < -0.4 is 10.1 Å². The van der Waals surface area contributed by atoms with Crippen molar-refractivity contribution in [1.29, 1.82) is 0 Å². The number of rotatable bonds is 13. The van der Waals surface area contributed by atoms with E-state index in [9.17, 15) is 27.9 Å². The number of carbonyl (C=O) groups excluding carboxylic acids is 1. The summed E-state index contributed by atoms with van der Waals surface area (Å²) in [5.74, 6) is -0.965. The van der Waals surface area contributed by atoms with E-state index in [-0.39, 0.29) is 6.10 Å². The van der Waals surface area contributed by atoms with Crippen LogP contribution in [0.5, 0.6) is 5.75 Å². The molecule has 3 aromatic carbocycles. The molecule has 0 saturated heterocycles. The minimum Gasteiger partial charge on any atom is -0.486 e. The van der Waals surface area contributed by atoms with Crippen LogP contribution in [-0.2, 0) is 11.0 Å². The quantitative estimate of drug-likeness (QED) is 0.213. The van der Waals surface area contributed by atoms with E-state index in [1.165, 1.54) is 12.1 Å². The average Bonchev–Trinajstić information content (AvgIpc) is 2.95. The summed E-state index contributed by atoms with van der Waals surface area (Å²) in [5, 5.41) is 20.5. The van der Waals surface area contributed by atoms with Gasteiger partial charge in [-0.15, -0.1) is 0 Å². The predicted molar refractivity (Wildman–Crippen MR) is 146 cm³/mol. The maximum Gasteiger partial charge on any atom is 0.416 e. The third kappa shape index (κ3) is 8.58. The SMILES string of the molecule is CCCC(CC)C[C@H](Oc1ccc(C(=O)NC[C@@H](O)C(=O)O)cc1)c1ccc(-c2ccc(C(F)(F)F)cc2)cc1. The van der Waals surface area contributed by atoms with Crippen molar-refractivity contribution in [2.75, 3.05) is 6.54 Å². The van der Waals surface area contributed by atoms with Crippen LogP contribution in [-0.4, -0.2) is 34.7 Å². The predicted octanol–water partition coefficient (Wildman–Crippen LogP) is 6.88. The Morgan fingerprint density at radius 2 is 1.48 bits per heavy atom. The Kier molecular flexibility index (Phi) is 10.7. The van der Waals surface area contributed by atoms with E-state index >= 15 is 0 Å². The van der Waals surface area contributed by atoms with E-state index < -0.39 is 36.3 Å². The smallest absolute Gasteiger partial charge is 0.416 e. The molecule has 0 fully saturated rings. The second-order valence-electron chi connectivity index (χ2n) is 9.69. The Hall–Kier alpha value is -3.85. The summed E-state index contributed by atoms with van der Waals surface area (Å²) in [6.45, 7) is 3.86. The molecule has 9 heteroatoms. The van der Waals surface area contributed by atoms with Crippen LogP contribution in [0.1, 0.15) is 67.1 Å². The van der Waals surface area contributed by atoms with E-state index in [1.54, 1.807) is 24.3 Å². The fourth-order valence-corrected chi connectivity index (χ4v) is 4.42. The zero-order chi connectivity index (χ0) is 29.3. The van der Waals surface area contributed by atoms with Crippen molar-refractivity contribution in [3.8, 4) is 16.9 Å². The summed E-state index contributed by atoms with van der Waals surface area (Å²) in [5.41, 5.74) is 2.00. The van der Waals surface area contributed by atoms with E-state index in [2.05, 4.69) is 19.2 Å². The maximum atomic E-state index is 12.9. The van der Waals surface area contributed by atoms with Gasteiger partial charge in [0.05, 0.1) is 12.1 Å². The number of nitrogens with one attached hydrogen (secondary N) is 1. The van der Waals surface area contributed by atoms with Crippen LogP contribution >= 0.6 is 0 Å². The van der Waals surface area contributed by atoms with Crippen molar-refractivity contribution < 1.29 is 37.7 Å². The van der Waals surface area contributed by atoms with Crippen molar-refractivity contribution >= 4 is 11.9 Å². The molecule has 0 aromatic heterocycles. The van der Waals surface area contributed by atoms with Gasteiger partial charge in [-0.1, -0.05) is 69.5 Å². The third-order valence-electron chi connectivity index (χ3n) is 6.79. The number of alkyl halides is 3. The van der Waals surface area contributed by atoms with Gasteiger partial charge in [0, 0.05) is 5.56 Å². The van der Waals surface area contributed by atoms with Crippen molar-refractivity contribution in [3.63, 3.8) is 0 Å². The highest BCUT2D eigenvalue weighted by molar-refractivity contribution is 5.94. The first kappa shape index (κ1) is 30.7. The lowest BCUT2D eigenvalue weighted by Crippen LogP contribution is -2.36. The van der Waals surface area contributed by atoms with E-state index in [1.807, 2.05) is 24.3 Å². The van der Waals surface area contributed by atoms with Gasteiger partial charge in [0.1, 0.15) is 11.9 Å². The maximum absolute atomic E-state index is 12.9. The van der Waals surface area contributed by atoms with E-state index in [4.69, 9.17) is 9.84 Å². The summed E-state index contributed by atoms with van der Waals surface area (Å²) in [7, 11) is 0. The van der Waals surface area contributed by atoms with E-state index in [0.29, 0.717) is 22.8 Å². The number of carbonyl (C=O) groups is 2. The molecule has 3 N–H and O–H groups in total. The molecular formula is C31H34F3NO5. The second kappa shape index (κ2) is 14.0. The summed E-state index contributed by atoms with van der Waals surface area (Å²) >= 11 is 0. The van der Waals surface area contributed by atoms with Gasteiger partial charge < -0.3 is 20.3 Å². The summed E-state index contributed by atoms with van der Waals surface area (Å²) in [6.07, 6.45) is -2.53. The van der Waals surface area contributed by atoms with Gasteiger partial charge in [-0.2, -0.15) is 13.2 Å². The number of ether oxygens (including phenoxy) is 1. The molecule has 0 bridgehead atoms. The van der Waals surface area contributed by atoms with Gasteiger partial charge in [-0.25, -0.2) is 4.79 Å². The molecule has 6 nitrogen and oxygen atoms in total. The number of aliphatic carboxylic acids is 1. The molecule has 3 aromatic rings. The number of carboxylic acids is 1. The first-order chi connectivity index (χ1) is 19.0. The molecule has 3 rings (SSSR count). The van der Waals surface area contributed by atoms with Crippen LogP contribution in [0.2, 0.25) is 0 Å². The second-order valence-corrected chi connectivity index (χ2v) is 9.69. The molecule has 0 heterocycles. The number of hydrogen-bond acceptors (Lipinski definition) is 4. The third-order valence-corrected chi connectivity index (χ3v) is 6.79. The summed E-state index contributed by atoms with van der Waals surface area (Å²) < 4.78 is 45.1. The topological polar surface area (TPSA) is 95.9 Å². The molecule has 1 unspecified atom stereocenters. The molecule has 0 saturated carbocycles. The molecule has 214 valence electrons. The summed E-state index contributed by atoms with van der Waals surface area (Å²) in [4.78, 5) is 23.0. The summed E-state index contributed by atoms with van der Waals surface area (Å²) in [6, 6.07) is 19.1. The number of amides is 1. The van der Waals surface area contributed by atoms with E-state index in [0.717, 1.165) is 48.9 Å². The highest BCUT2D eigenvalue weighted by Gasteiger charge is 2.30. The Bertz CT molecular complexity index is 1240. The largest absolute Gasteiger partial charge is 0.486 e. The molecule has 0 spiro atoms. The lowest BCUT2D eigenvalue weighted by molar-refractivity contribution is -0.146. The molecule has 40 heavy (non-hydrogen) atoms. The Labute approximate surface area is 231 Å². The van der Waals surface area contributed by atoms with Crippen molar-refractivity contribution in [2.24, 2.45) is 5.92 Å². The average molecular weight is 558 g/mol. The zero-order valence-electron chi connectivity index (χ0n) is 22.4. The fourth-order valence-electron chi connectivity index (χ4n) is 4.42. The first-order valence-corrected chi connectivity index (χ1v) is 13.2. The van der Waals surface area contributed by atoms with Crippen molar-refractivity contribution in [3.05, 3.63) is 89.5 Å². The van der Waals surface area contributed by atoms with Crippen LogP contribution in [0, 0.1) is 5.92 Å². The lowest BCUT2D eigenvalue weighted by atomic mass is 9.90. The number of aliphatic hydroxyl groups excluding tert-OH is 1. The minimum atomic E-state index is -4.38. The van der Waals surface area contributed by atoms with Gasteiger partial charge in [0.15, 0.2) is 6.10 Å². The van der Waals surface area contributed by atoms with Crippen molar-refractivity contribution in [2.45, 2.75) is 57.9 Å². The number of hydrogen-bond donors (Lipinski definition) is 3. The lowest BCUT2D eigenvalue weighted by Gasteiger charge is -2.25. The van der Waals surface area contributed by atoms with Crippen LogP contribution in [0.15, 0.2) is 72.8 Å². The Morgan fingerprint density at radius 3 is 1.98 bits per heavy atom. The molecule has 0 aliphatic heterocycles. The van der Waals surface area contributed by atoms with Gasteiger partial charge in [0.2, 0.25) is 0 Å². The van der Waals surface area contributed by atoms with Gasteiger partial charge in [-0.3, -0.25) is 4.79 Å². The number of aliphatic hydroxyl groups is 1. The van der Waals surface area contributed by atoms with Gasteiger partial charge >= 0.3 is 12.1 Å². The standard InChI is InChI=1S/C31H34F3NO5/c1-3-5-20(4-2)18-28(40-26-16-12-24(13-17-26)29(37)35-19-27(36)30(38)39)23-8-6-21(7-9-23)22-10-14-25(15-11-22)31(32,33)34/h6-17,20,27-28,36H,3-5,18-19H2,1-2H3,(H,35,37)(H,38,39)/t20?,27-,28+/m1/s1. The molecule has 3 atom stereocenters. The number of carboxylic acid groups (broad SMARTS) is 1. The van der Waals surface area contributed by atoms with Gasteiger partial charge in [0.25, 0.3) is 5.91 Å². The first-order valence-electron chi connectivity index (χ1n) is 13.2. The van der Waals surface area contributed by atoms with Crippen molar-refractivity contribution in [1.82, 2.24) is 5.32 Å². The zero-order valence-corrected chi connectivity index (χ0v) is 22.4. The Morgan fingerprint density at radius 1 is 0.900 bits per heavy atom. The normalized spacial score (nSPS) is 13.8. The molecule has 1 amide bonds. The van der Waals surface area contributed by atoms with Gasteiger partial charge in [-0.05, 0) is 65.4 Å². The van der Waals surface area contributed by atoms with Crippen LogP contribution in [0.25, 0.3) is 11.1 Å². The molecule has 0 radical (unpaired) electrons. The highest BCUT2D eigenvalue weighted by atomic mass is 19.4. The molecule has 0 aliphatic carbocycles. The fraction of sp³-hybridized carbons (Fsp3) is 0.355. The minimum absolute atomic E-state index is 0.288. The monoisotopic (exact) mass is 557 g/mol. The Balaban J connectivity index is 1.77. The number of benzene rings is 3. The molecule has 0 aliphatic rings. The highest BCUT2D eigenvalue weighted by Crippen LogP contribution is 2.34. The molecular weight excluding hydrogens is 523 g/mol. The van der Waals surface area contributed by atoms with Crippen LogP contribution in [0.3, 0.4) is 0 Å².